The Balaban J connectivity index is 1.60. The van der Waals surface area contributed by atoms with Crippen LogP contribution in [0.5, 0.6) is 11.5 Å². The van der Waals surface area contributed by atoms with Crippen molar-refractivity contribution in [1.29, 1.82) is 0 Å². The summed E-state index contributed by atoms with van der Waals surface area (Å²) in [4.78, 5) is 12.6. The highest BCUT2D eigenvalue weighted by Gasteiger charge is 2.26. The smallest absolute Gasteiger partial charge is 0.509 e. The van der Waals surface area contributed by atoms with Gasteiger partial charge in [-0.2, -0.15) is 13.5 Å². The Kier molecular flexibility index (Phi) is 8.89. The van der Waals surface area contributed by atoms with Gasteiger partial charge in [-0.1, -0.05) is 59.6 Å². The van der Waals surface area contributed by atoms with Crippen LogP contribution in [0.25, 0.3) is 0 Å². The lowest BCUT2D eigenvalue weighted by Gasteiger charge is -2.21. The van der Waals surface area contributed by atoms with E-state index >= 15 is 0 Å². The van der Waals surface area contributed by atoms with Crippen LogP contribution in [0, 0.1) is 11.1 Å². The van der Waals surface area contributed by atoms with Crippen molar-refractivity contribution < 1.29 is 37.3 Å². The molecule has 1 atom stereocenters. The molecule has 0 amide bonds. The van der Waals surface area contributed by atoms with Crippen molar-refractivity contribution >= 4 is 29.4 Å². The van der Waals surface area contributed by atoms with Crippen LogP contribution in [0.4, 0.5) is 13.6 Å². The number of aromatic nitrogens is 1. The van der Waals surface area contributed by atoms with Gasteiger partial charge in [-0.3, -0.25) is 0 Å². The van der Waals surface area contributed by atoms with E-state index in [2.05, 4.69) is 4.74 Å². The summed E-state index contributed by atoms with van der Waals surface area (Å²) in [6.07, 6.45) is 2.22. The highest BCUT2D eigenvalue weighted by molar-refractivity contribution is 6.35. The first kappa shape index (κ1) is 26.8. The van der Waals surface area contributed by atoms with Crippen molar-refractivity contribution in [2.75, 3.05) is 6.61 Å². The zero-order valence-corrected chi connectivity index (χ0v) is 21.0. The predicted molar refractivity (Wildman–Crippen MR) is 131 cm³/mol. The molecule has 0 N–H and O–H groups in total. The summed E-state index contributed by atoms with van der Waals surface area (Å²) in [5.74, 6) is 0.287. The Morgan fingerprint density at radius 1 is 1.05 bits per heavy atom. The van der Waals surface area contributed by atoms with Crippen LogP contribution in [0.2, 0.25) is 10.0 Å². The highest BCUT2D eigenvalue weighted by atomic mass is 35.5. The molecule has 1 aliphatic carbocycles. The third-order valence-electron chi connectivity index (χ3n) is 5.61. The summed E-state index contributed by atoms with van der Waals surface area (Å²) >= 11 is 12.5. The van der Waals surface area contributed by atoms with Crippen LogP contribution in [-0.2, 0) is 22.5 Å². The molecule has 0 bridgehead atoms. The lowest BCUT2D eigenvalue weighted by Crippen LogP contribution is -2.25. The molecule has 2 aromatic carbocycles. The molecule has 11 heteroatoms. The summed E-state index contributed by atoms with van der Waals surface area (Å²) in [5.41, 5.74) is 1.51. The molecule has 37 heavy (non-hydrogen) atoms. The first-order valence-corrected chi connectivity index (χ1v) is 12.2. The number of carbonyl (C=O) groups is 1. The second-order valence-corrected chi connectivity index (χ2v) is 9.28. The normalized spacial score (nSPS) is 13.8. The maximum atomic E-state index is 13.0. The van der Waals surface area contributed by atoms with Gasteiger partial charge in [0.05, 0.1) is 6.61 Å². The molecule has 4 rings (SSSR count). The number of ether oxygens (including phenoxy) is 4. The minimum absolute atomic E-state index is 0.0215. The molecular weight excluding hydrogens is 531 g/mol. The number of rotatable bonds is 11. The topological polar surface area (TPSA) is 80.9 Å². The van der Waals surface area contributed by atoms with E-state index in [1.807, 2.05) is 6.07 Å². The molecule has 0 aliphatic heterocycles. The molecule has 7 nitrogen and oxygen atoms in total. The molecular formula is C26H23Cl2F2NO6. The van der Waals surface area contributed by atoms with Gasteiger partial charge in [0, 0.05) is 12.0 Å². The standard InChI is InChI=1S/C26H23Cl2F2NO6/c27-20-12-31(33)13-21(28)19(20)11-23(37-26(32)35-15-16-4-2-1-3-5-16)18-8-9-22(36-25(29)30)24(10-18)34-14-17-6-7-17/h1-5,8-10,12-13,17,23,25H,6-7,11,14-15H2/t23-/m0/s1. The lowest BCUT2D eigenvalue weighted by molar-refractivity contribution is -0.605. The molecule has 1 fully saturated rings. The monoisotopic (exact) mass is 553 g/mol. The fourth-order valence-corrected chi connectivity index (χ4v) is 4.13. The van der Waals surface area contributed by atoms with Gasteiger partial charge in [-0.15, -0.1) is 0 Å². The largest absolute Gasteiger partial charge is 0.619 e. The summed E-state index contributed by atoms with van der Waals surface area (Å²) in [7, 11) is 0. The molecule has 196 valence electrons. The summed E-state index contributed by atoms with van der Waals surface area (Å²) in [5, 5.41) is 11.8. The molecule has 0 saturated heterocycles. The van der Waals surface area contributed by atoms with Crippen LogP contribution >= 0.6 is 23.2 Å². The van der Waals surface area contributed by atoms with Crippen molar-refractivity contribution in [2.45, 2.75) is 38.6 Å². The number of pyridine rings is 1. The second kappa shape index (κ2) is 12.3. The SMILES string of the molecule is O=C(OCc1ccccc1)O[C@@H](Cc1c(Cl)c[n+]([O-])cc1Cl)c1ccc(OC(F)F)c(OCC2CC2)c1. The average Bonchev–Trinajstić information content (AvgIpc) is 3.68. The molecule has 0 spiro atoms. The lowest BCUT2D eigenvalue weighted by atomic mass is 10.0. The first-order valence-electron chi connectivity index (χ1n) is 11.4. The third-order valence-corrected chi connectivity index (χ3v) is 6.26. The van der Waals surface area contributed by atoms with Gasteiger partial charge in [-0.05, 0) is 42.0 Å². The van der Waals surface area contributed by atoms with Gasteiger partial charge < -0.3 is 24.2 Å². The van der Waals surface area contributed by atoms with Crippen molar-refractivity contribution in [3.05, 3.63) is 92.9 Å². The zero-order valence-electron chi connectivity index (χ0n) is 19.4. The summed E-state index contributed by atoms with van der Waals surface area (Å²) < 4.78 is 47.6. The van der Waals surface area contributed by atoms with Gasteiger partial charge in [0.2, 0.25) is 0 Å². The molecule has 1 saturated carbocycles. The van der Waals surface area contributed by atoms with Gasteiger partial charge in [0.15, 0.2) is 23.9 Å². The number of alkyl halides is 2. The molecule has 0 unspecified atom stereocenters. The summed E-state index contributed by atoms with van der Waals surface area (Å²) in [6, 6.07) is 13.3. The van der Waals surface area contributed by atoms with E-state index in [9.17, 15) is 18.8 Å². The fourth-order valence-electron chi connectivity index (χ4n) is 3.53. The van der Waals surface area contributed by atoms with Gasteiger partial charge >= 0.3 is 12.8 Å². The number of hydrogen-bond acceptors (Lipinski definition) is 6. The number of benzene rings is 2. The number of hydrogen-bond donors (Lipinski definition) is 0. The van der Waals surface area contributed by atoms with Crippen LogP contribution in [0.15, 0.2) is 60.9 Å². The number of halogens is 4. The zero-order chi connectivity index (χ0) is 26.4. The second-order valence-electron chi connectivity index (χ2n) is 8.47. The maximum absolute atomic E-state index is 13.0. The first-order chi connectivity index (χ1) is 17.8. The third kappa shape index (κ3) is 7.84. The van der Waals surface area contributed by atoms with E-state index in [0.717, 1.165) is 30.8 Å². The van der Waals surface area contributed by atoms with Gasteiger partial charge in [-0.25, -0.2) is 4.79 Å². The maximum Gasteiger partial charge on any atom is 0.509 e. The Morgan fingerprint density at radius 3 is 2.41 bits per heavy atom. The Hall–Kier alpha value is -3.30. The number of nitrogens with zero attached hydrogens (tertiary/aromatic N) is 1. The Morgan fingerprint density at radius 2 is 1.76 bits per heavy atom. The van der Waals surface area contributed by atoms with Crippen LogP contribution in [-0.4, -0.2) is 19.4 Å². The fraction of sp³-hybridized carbons (Fsp3) is 0.308. The van der Waals surface area contributed by atoms with E-state index in [1.165, 1.54) is 18.2 Å². The Labute approximate surface area is 222 Å². The van der Waals surface area contributed by atoms with E-state index in [-0.39, 0.29) is 34.6 Å². The quantitative estimate of drug-likeness (QED) is 0.150. The molecule has 1 aromatic heterocycles. The molecule has 1 heterocycles. The van der Waals surface area contributed by atoms with Crippen LogP contribution in [0.3, 0.4) is 0 Å². The minimum atomic E-state index is -3.05. The van der Waals surface area contributed by atoms with Crippen molar-refractivity contribution in [3.63, 3.8) is 0 Å². The molecule has 0 radical (unpaired) electrons. The van der Waals surface area contributed by atoms with Crippen LogP contribution < -0.4 is 14.2 Å². The highest BCUT2D eigenvalue weighted by Crippen LogP contribution is 2.37. The van der Waals surface area contributed by atoms with E-state index in [0.29, 0.717) is 28.4 Å². The Bertz CT molecular complexity index is 1200. The van der Waals surface area contributed by atoms with E-state index < -0.39 is 18.9 Å². The predicted octanol–water partition coefficient (Wildman–Crippen LogP) is 6.65. The van der Waals surface area contributed by atoms with Gasteiger partial charge in [0.1, 0.15) is 22.8 Å². The summed E-state index contributed by atoms with van der Waals surface area (Å²) in [6.45, 7) is -2.73. The van der Waals surface area contributed by atoms with Crippen molar-refractivity contribution in [1.82, 2.24) is 0 Å². The average molecular weight is 554 g/mol. The van der Waals surface area contributed by atoms with E-state index in [1.54, 1.807) is 24.3 Å². The van der Waals surface area contributed by atoms with Crippen molar-refractivity contribution in [2.24, 2.45) is 5.92 Å². The van der Waals surface area contributed by atoms with E-state index in [4.69, 9.17) is 37.4 Å². The number of carbonyl (C=O) groups excluding carboxylic acids is 1. The van der Waals surface area contributed by atoms with Crippen molar-refractivity contribution in [3.8, 4) is 11.5 Å². The van der Waals surface area contributed by atoms with Gasteiger partial charge in [0.25, 0.3) is 0 Å². The minimum Gasteiger partial charge on any atom is -0.619 e. The van der Waals surface area contributed by atoms with Crippen LogP contribution in [0.1, 0.15) is 35.6 Å². The molecule has 1 aliphatic rings. The molecule has 3 aromatic rings.